The van der Waals surface area contributed by atoms with Crippen LogP contribution in [0.2, 0.25) is 19.6 Å². The molecule has 1 aromatic rings. The predicted octanol–water partition coefficient (Wildman–Crippen LogP) is 2.89. The van der Waals surface area contributed by atoms with E-state index in [9.17, 15) is 9.90 Å². The van der Waals surface area contributed by atoms with E-state index in [0.717, 1.165) is 0 Å². The molecular formula is C14H22O2Si. The van der Waals surface area contributed by atoms with Gasteiger partial charge in [0.2, 0.25) is 0 Å². The molecule has 0 aliphatic carbocycles. The van der Waals surface area contributed by atoms with Crippen molar-refractivity contribution < 1.29 is 9.90 Å². The van der Waals surface area contributed by atoms with Gasteiger partial charge in [0.05, 0.1) is 13.5 Å². The lowest BCUT2D eigenvalue weighted by molar-refractivity contribution is -0.146. The topological polar surface area (TPSA) is 37.3 Å². The van der Waals surface area contributed by atoms with E-state index in [2.05, 4.69) is 31.8 Å². The van der Waals surface area contributed by atoms with E-state index in [1.54, 1.807) is 13.8 Å². The Morgan fingerprint density at radius 2 is 1.76 bits per heavy atom. The maximum atomic E-state index is 11.2. The molecule has 0 aromatic heterocycles. The van der Waals surface area contributed by atoms with Gasteiger partial charge >= 0.3 is 5.97 Å². The predicted molar refractivity (Wildman–Crippen MR) is 74.5 cm³/mol. The average molecular weight is 250 g/mol. The van der Waals surface area contributed by atoms with Crippen molar-refractivity contribution in [1.29, 1.82) is 0 Å². The number of benzene rings is 1. The lowest BCUT2D eigenvalue weighted by Gasteiger charge is -2.25. The van der Waals surface area contributed by atoms with Gasteiger partial charge in [0, 0.05) is 0 Å². The number of carbonyl (C=O) groups is 1. The quantitative estimate of drug-likeness (QED) is 0.834. The maximum absolute atomic E-state index is 11.2. The summed E-state index contributed by atoms with van der Waals surface area (Å²) in [6.45, 7) is 10.4. The van der Waals surface area contributed by atoms with Gasteiger partial charge in [0.1, 0.15) is 0 Å². The fourth-order valence-electron chi connectivity index (χ4n) is 1.96. The van der Waals surface area contributed by atoms with Crippen molar-refractivity contribution in [2.45, 2.75) is 39.9 Å². The molecule has 0 heterocycles. The Balaban J connectivity index is 3.12. The first-order valence-electron chi connectivity index (χ1n) is 5.96. The molecule has 0 saturated heterocycles. The Morgan fingerprint density at radius 1 is 1.24 bits per heavy atom. The molecule has 0 bridgehead atoms. The number of carboxylic acid groups (broad SMARTS) is 1. The van der Waals surface area contributed by atoms with Crippen molar-refractivity contribution >= 4 is 19.2 Å². The van der Waals surface area contributed by atoms with E-state index >= 15 is 0 Å². The molecule has 1 N–H and O–H groups in total. The van der Waals surface area contributed by atoms with Gasteiger partial charge in [-0.3, -0.25) is 4.79 Å². The standard InChI is InChI=1S/C14H22O2Si/c1-14(2,13(15)16)10-11-8-6-7-9-12(11)17(3,4)5/h6-9H,10H2,1-5H3,(H,15,16). The van der Waals surface area contributed by atoms with Crippen molar-refractivity contribution in [2.24, 2.45) is 5.41 Å². The Labute approximate surface area is 105 Å². The molecule has 0 atom stereocenters. The molecule has 0 spiro atoms. The van der Waals surface area contributed by atoms with E-state index in [4.69, 9.17) is 0 Å². The van der Waals surface area contributed by atoms with Gasteiger partial charge in [-0.25, -0.2) is 0 Å². The fraction of sp³-hybridized carbons (Fsp3) is 0.500. The van der Waals surface area contributed by atoms with E-state index in [0.29, 0.717) is 6.42 Å². The monoisotopic (exact) mass is 250 g/mol. The number of rotatable bonds is 4. The summed E-state index contributed by atoms with van der Waals surface area (Å²) in [7, 11) is -1.41. The molecule has 0 fully saturated rings. The normalized spacial score (nSPS) is 12.5. The smallest absolute Gasteiger partial charge is 0.309 e. The van der Waals surface area contributed by atoms with Crippen molar-refractivity contribution in [3.63, 3.8) is 0 Å². The first-order chi connectivity index (χ1) is 7.64. The second kappa shape index (κ2) is 4.65. The van der Waals surface area contributed by atoms with Gasteiger partial charge in [-0.1, -0.05) is 49.1 Å². The van der Waals surface area contributed by atoms with Gasteiger partial charge in [-0.2, -0.15) is 0 Å². The molecule has 3 heteroatoms. The highest BCUT2D eigenvalue weighted by molar-refractivity contribution is 6.89. The van der Waals surface area contributed by atoms with Gasteiger partial charge in [0.15, 0.2) is 0 Å². The highest BCUT2D eigenvalue weighted by Crippen LogP contribution is 2.22. The summed E-state index contributed by atoms with van der Waals surface area (Å²) in [6.07, 6.45) is 0.600. The van der Waals surface area contributed by atoms with Crippen LogP contribution in [0.3, 0.4) is 0 Å². The second-order valence-corrected chi connectivity index (χ2v) is 11.3. The molecule has 0 aliphatic rings. The van der Waals surface area contributed by atoms with Crippen molar-refractivity contribution in [3.8, 4) is 0 Å². The average Bonchev–Trinajstić information content (AvgIpc) is 2.15. The van der Waals surface area contributed by atoms with Crippen LogP contribution in [-0.4, -0.2) is 19.1 Å². The Morgan fingerprint density at radius 3 is 2.24 bits per heavy atom. The van der Waals surface area contributed by atoms with E-state index < -0.39 is 19.5 Å². The molecule has 0 radical (unpaired) electrons. The van der Waals surface area contributed by atoms with Crippen LogP contribution in [-0.2, 0) is 11.2 Å². The summed E-state index contributed by atoms with van der Waals surface area (Å²) >= 11 is 0. The minimum Gasteiger partial charge on any atom is -0.481 e. The lowest BCUT2D eigenvalue weighted by atomic mass is 9.86. The Kier molecular flexibility index (Phi) is 3.82. The first-order valence-corrected chi connectivity index (χ1v) is 9.46. The molecule has 94 valence electrons. The third-order valence-electron chi connectivity index (χ3n) is 3.04. The zero-order valence-corrected chi connectivity index (χ0v) is 12.4. The van der Waals surface area contributed by atoms with Gasteiger partial charge in [0.25, 0.3) is 0 Å². The number of hydrogen-bond donors (Lipinski definition) is 1. The molecular weight excluding hydrogens is 228 g/mol. The third-order valence-corrected chi connectivity index (χ3v) is 5.14. The fourth-order valence-corrected chi connectivity index (χ4v) is 3.69. The van der Waals surface area contributed by atoms with E-state index in [1.807, 2.05) is 12.1 Å². The van der Waals surface area contributed by atoms with Crippen LogP contribution in [0.4, 0.5) is 0 Å². The number of aliphatic carboxylic acids is 1. The molecule has 1 aromatic carbocycles. The number of carboxylic acids is 1. The minimum atomic E-state index is -1.41. The second-order valence-electron chi connectivity index (χ2n) is 6.27. The first kappa shape index (κ1) is 14.0. The van der Waals surface area contributed by atoms with Crippen LogP contribution >= 0.6 is 0 Å². The van der Waals surface area contributed by atoms with Crippen LogP contribution in [0, 0.1) is 5.41 Å². The number of hydrogen-bond acceptors (Lipinski definition) is 1. The summed E-state index contributed by atoms with van der Waals surface area (Å²) in [5.41, 5.74) is 0.495. The van der Waals surface area contributed by atoms with Crippen LogP contribution in [0.1, 0.15) is 19.4 Å². The minimum absolute atomic E-state index is 0.600. The molecule has 1 rings (SSSR count). The molecule has 17 heavy (non-hydrogen) atoms. The van der Waals surface area contributed by atoms with Crippen LogP contribution in [0.5, 0.6) is 0 Å². The van der Waals surface area contributed by atoms with Crippen molar-refractivity contribution in [1.82, 2.24) is 0 Å². The highest BCUT2D eigenvalue weighted by atomic mass is 28.3. The molecule has 2 nitrogen and oxygen atoms in total. The summed E-state index contributed by atoms with van der Waals surface area (Å²) in [4.78, 5) is 11.2. The molecule has 0 aliphatic heterocycles. The Bertz CT molecular complexity index is 416. The zero-order chi connectivity index (χ0) is 13.3. The van der Waals surface area contributed by atoms with Crippen LogP contribution < -0.4 is 5.19 Å². The largest absolute Gasteiger partial charge is 0.481 e. The van der Waals surface area contributed by atoms with Gasteiger partial charge in [-0.15, -0.1) is 0 Å². The summed E-state index contributed by atoms with van der Waals surface area (Å²) in [5.74, 6) is -0.733. The van der Waals surface area contributed by atoms with E-state index in [-0.39, 0.29) is 0 Å². The van der Waals surface area contributed by atoms with Crippen LogP contribution in [0.25, 0.3) is 0 Å². The molecule has 0 unspecified atom stereocenters. The maximum Gasteiger partial charge on any atom is 0.309 e. The van der Waals surface area contributed by atoms with Crippen LogP contribution in [0.15, 0.2) is 24.3 Å². The van der Waals surface area contributed by atoms with Gasteiger partial charge < -0.3 is 5.11 Å². The van der Waals surface area contributed by atoms with Crippen molar-refractivity contribution in [2.75, 3.05) is 0 Å². The van der Waals surface area contributed by atoms with Gasteiger partial charge in [-0.05, 0) is 25.8 Å². The summed E-state index contributed by atoms with van der Waals surface area (Å²) in [6, 6.07) is 8.26. The highest BCUT2D eigenvalue weighted by Gasteiger charge is 2.30. The van der Waals surface area contributed by atoms with E-state index in [1.165, 1.54) is 10.8 Å². The summed E-state index contributed by atoms with van der Waals surface area (Å²) < 4.78 is 0. The summed E-state index contributed by atoms with van der Waals surface area (Å²) in [5, 5.41) is 10.6. The SMILES string of the molecule is CC(C)(Cc1ccccc1[Si](C)(C)C)C(=O)O. The third kappa shape index (κ3) is 3.43. The van der Waals surface area contributed by atoms with Crippen molar-refractivity contribution in [3.05, 3.63) is 29.8 Å². The zero-order valence-electron chi connectivity index (χ0n) is 11.4. The molecule has 0 amide bonds. The Hall–Kier alpha value is -1.09. The lowest BCUT2D eigenvalue weighted by Crippen LogP contribution is -2.41. The molecule has 0 saturated carbocycles.